The molecule has 0 fully saturated rings. The summed E-state index contributed by atoms with van der Waals surface area (Å²) in [5.41, 5.74) is 2.26. The largest absolute Gasteiger partial charge is 0.479 e. The van der Waals surface area contributed by atoms with Gasteiger partial charge in [0, 0.05) is 24.2 Å². The van der Waals surface area contributed by atoms with Crippen molar-refractivity contribution < 1.29 is 14.3 Å². The molecule has 2 rings (SSSR count). The molecule has 1 aromatic rings. The van der Waals surface area contributed by atoms with Crippen LogP contribution in [0.3, 0.4) is 0 Å². The summed E-state index contributed by atoms with van der Waals surface area (Å²) in [6.45, 7) is 11.6. The van der Waals surface area contributed by atoms with Crippen LogP contribution in [0.4, 0.5) is 11.4 Å². The van der Waals surface area contributed by atoms with Crippen molar-refractivity contribution in [2.45, 2.75) is 33.8 Å². The maximum atomic E-state index is 12.3. The minimum Gasteiger partial charge on any atom is -0.479 e. The van der Waals surface area contributed by atoms with Crippen LogP contribution in [-0.2, 0) is 9.59 Å². The molecule has 2 amide bonds. The molecule has 5 heteroatoms. The normalized spacial score (nSPS) is 17.0. The first-order valence-corrected chi connectivity index (χ1v) is 7.37. The van der Waals surface area contributed by atoms with E-state index >= 15 is 0 Å². The number of ether oxygens (including phenoxy) is 1. The Bertz CT molecular complexity index is 622. The van der Waals surface area contributed by atoms with Gasteiger partial charge in [-0.2, -0.15) is 0 Å². The molecule has 1 heterocycles. The summed E-state index contributed by atoms with van der Waals surface area (Å²) in [6, 6.07) is 5.32. The Kier molecular flexibility index (Phi) is 4.54. The second kappa shape index (κ2) is 6.22. The minimum absolute atomic E-state index is 0.0568. The third-order valence-corrected chi connectivity index (χ3v) is 3.39. The standard InChI is InChI=1S/C17H22N2O3/c1-10(2)9-19-14-7-6-13(18-16(20)11(3)4)8-15(14)22-12(5)17(19)21/h6-8,11-12H,1,9H2,2-5H3,(H,18,20). The Morgan fingerprint density at radius 3 is 2.73 bits per heavy atom. The van der Waals surface area contributed by atoms with E-state index in [9.17, 15) is 9.59 Å². The molecule has 118 valence electrons. The number of carbonyl (C=O) groups excluding carboxylic acids is 2. The highest BCUT2D eigenvalue weighted by atomic mass is 16.5. The Balaban J connectivity index is 2.32. The van der Waals surface area contributed by atoms with E-state index in [1.165, 1.54) is 0 Å². The van der Waals surface area contributed by atoms with E-state index < -0.39 is 6.10 Å². The topological polar surface area (TPSA) is 58.6 Å². The molecule has 1 unspecified atom stereocenters. The lowest BCUT2D eigenvalue weighted by atomic mass is 10.1. The van der Waals surface area contributed by atoms with Crippen molar-refractivity contribution in [1.29, 1.82) is 0 Å². The molecular weight excluding hydrogens is 280 g/mol. The number of benzene rings is 1. The summed E-state index contributed by atoms with van der Waals surface area (Å²) < 4.78 is 5.67. The minimum atomic E-state index is -0.553. The van der Waals surface area contributed by atoms with Crippen LogP contribution in [0.1, 0.15) is 27.7 Å². The third-order valence-electron chi connectivity index (χ3n) is 3.39. The van der Waals surface area contributed by atoms with Gasteiger partial charge in [0.25, 0.3) is 5.91 Å². The predicted molar refractivity (Wildman–Crippen MR) is 87.2 cm³/mol. The number of carbonyl (C=O) groups is 2. The molecule has 1 aliphatic heterocycles. The van der Waals surface area contributed by atoms with E-state index in [4.69, 9.17) is 4.74 Å². The summed E-state index contributed by atoms with van der Waals surface area (Å²) in [5.74, 6) is 0.348. The van der Waals surface area contributed by atoms with Gasteiger partial charge < -0.3 is 15.0 Å². The van der Waals surface area contributed by atoms with Crippen LogP contribution in [-0.4, -0.2) is 24.5 Å². The maximum Gasteiger partial charge on any atom is 0.268 e. The number of nitrogens with zero attached hydrogens (tertiary/aromatic N) is 1. The Labute approximate surface area is 130 Å². The molecule has 0 aromatic heterocycles. The quantitative estimate of drug-likeness (QED) is 0.870. The fourth-order valence-electron chi connectivity index (χ4n) is 2.21. The zero-order valence-corrected chi connectivity index (χ0v) is 13.5. The van der Waals surface area contributed by atoms with Gasteiger partial charge in [-0.25, -0.2) is 0 Å². The summed E-state index contributed by atoms with van der Waals surface area (Å²) in [6.07, 6.45) is -0.553. The first-order valence-electron chi connectivity index (χ1n) is 7.37. The number of anilines is 2. The summed E-state index contributed by atoms with van der Waals surface area (Å²) >= 11 is 0. The fourth-order valence-corrected chi connectivity index (χ4v) is 2.21. The number of amides is 2. The molecule has 1 N–H and O–H groups in total. The molecule has 0 aliphatic carbocycles. The third kappa shape index (κ3) is 3.30. The van der Waals surface area contributed by atoms with Gasteiger partial charge in [-0.05, 0) is 26.0 Å². The van der Waals surface area contributed by atoms with Gasteiger partial charge >= 0.3 is 0 Å². The molecule has 5 nitrogen and oxygen atoms in total. The van der Waals surface area contributed by atoms with Crippen molar-refractivity contribution in [2.24, 2.45) is 5.92 Å². The molecule has 0 bridgehead atoms. The Hall–Kier alpha value is -2.30. The first-order chi connectivity index (χ1) is 10.3. The van der Waals surface area contributed by atoms with Crippen molar-refractivity contribution in [1.82, 2.24) is 0 Å². The summed E-state index contributed by atoms with van der Waals surface area (Å²) in [7, 11) is 0. The number of nitrogens with one attached hydrogen (secondary N) is 1. The lowest BCUT2D eigenvalue weighted by Gasteiger charge is -2.33. The maximum absolute atomic E-state index is 12.3. The van der Waals surface area contributed by atoms with Crippen LogP contribution >= 0.6 is 0 Å². The van der Waals surface area contributed by atoms with E-state index in [-0.39, 0.29) is 17.7 Å². The smallest absolute Gasteiger partial charge is 0.268 e. The van der Waals surface area contributed by atoms with E-state index in [2.05, 4.69) is 11.9 Å². The van der Waals surface area contributed by atoms with Crippen LogP contribution in [0.25, 0.3) is 0 Å². The summed E-state index contributed by atoms with van der Waals surface area (Å²) in [4.78, 5) is 25.7. The number of fused-ring (bicyclic) bond motifs is 1. The van der Waals surface area contributed by atoms with E-state index in [0.29, 0.717) is 23.7 Å². The highest BCUT2D eigenvalue weighted by molar-refractivity contribution is 6.01. The monoisotopic (exact) mass is 302 g/mol. The van der Waals surface area contributed by atoms with Crippen molar-refractivity contribution in [3.8, 4) is 5.75 Å². The van der Waals surface area contributed by atoms with Gasteiger partial charge in [-0.3, -0.25) is 9.59 Å². The van der Waals surface area contributed by atoms with E-state index in [1.807, 2.05) is 20.8 Å². The first kappa shape index (κ1) is 16.1. The molecule has 0 radical (unpaired) electrons. The van der Waals surface area contributed by atoms with Crippen LogP contribution in [0.5, 0.6) is 5.75 Å². The van der Waals surface area contributed by atoms with Gasteiger partial charge in [0.05, 0.1) is 5.69 Å². The van der Waals surface area contributed by atoms with Gasteiger partial charge in [0.2, 0.25) is 5.91 Å². The van der Waals surface area contributed by atoms with Crippen LogP contribution in [0.15, 0.2) is 30.4 Å². The molecule has 1 aromatic carbocycles. The number of rotatable bonds is 4. The number of hydrogen-bond acceptors (Lipinski definition) is 3. The average Bonchev–Trinajstić information content (AvgIpc) is 2.43. The van der Waals surface area contributed by atoms with Crippen molar-refractivity contribution in [3.05, 3.63) is 30.4 Å². The molecule has 22 heavy (non-hydrogen) atoms. The SMILES string of the molecule is C=C(C)CN1C(=O)C(C)Oc2cc(NC(=O)C(C)C)ccc21. The zero-order chi connectivity index (χ0) is 16.4. The molecule has 0 saturated carbocycles. The highest BCUT2D eigenvalue weighted by Gasteiger charge is 2.31. The van der Waals surface area contributed by atoms with Crippen LogP contribution < -0.4 is 15.0 Å². The lowest BCUT2D eigenvalue weighted by molar-refractivity contribution is -0.125. The Morgan fingerprint density at radius 1 is 1.45 bits per heavy atom. The van der Waals surface area contributed by atoms with Gasteiger partial charge in [-0.1, -0.05) is 26.0 Å². The van der Waals surface area contributed by atoms with Crippen LogP contribution in [0.2, 0.25) is 0 Å². The summed E-state index contributed by atoms with van der Waals surface area (Å²) in [5, 5.41) is 2.83. The van der Waals surface area contributed by atoms with Gasteiger partial charge in [-0.15, -0.1) is 0 Å². The van der Waals surface area contributed by atoms with Crippen molar-refractivity contribution in [3.63, 3.8) is 0 Å². The molecule has 0 saturated heterocycles. The predicted octanol–water partition coefficient (Wildman–Crippen LogP) is 2.97. The van der Waals surface area contributed by atoms with Gasteiger partial charge in [0.15, 0.2) is 6.10 Å². The molecule has 1 aliphatic rings. The molecule has 1 atom stereocenters. The Morgan fingerprint density at radius 2 is 2.14 bits per heavy atom. The van der Waals surface area contributed by atoms with Crippen LogP contribution in [0, 0.1) is 5.92 Å². The van der Waals surface area contributed by atoms with E-state index in [0.717, 1.165) is 5.57 Å². The number of hydrogen-bond donors (Lipinski definition) is 1. The lowest BCUT2D eigenvalue weighted by Crippen LogP contribution is -2.45. The van der Waals surface area contributed by atoms with Crippen molar-refractivity contribution in [2.75, 3.05) is 16.8 Å². The van der Waals surface area contributed by atoms with Gasteiger partial charge in [0.1, 0.15) is 5.75 Å². The van der Waals surface area contributed by atoms with E-state index in [1.54, 1.807) is 30.0 Å². The second-order valence-corrected chi connectivity index (χ2v) is 5.97. The molecular formula is C17H22N2O3. The van der Waals surface area contributed by atoms with Crippen molar-refractivity contribution >= 4 is 23.2 Å². The second-order valence-electron chi connectivity index (χ2n) is 5.97. The average molecular weight is 302 g/mol. The zero-order valence-electron chi connectivity index (χ0n) is 13.5. The molecule has 0 spiro atoms. The highest BCUT2D eigenvalue weighted by Crippen LogP contribution is 2.36. The fraction of sp³-hybridized carbons (Fsp3) is 0.412.